The lowest BCUT2D eigenvalue weighted by molar-refractivity contribution is -0.137. The van der Waals surface area contributed by atoms with Crippen LogP contribution in [0.1, 0.15) is 15.9 Å². The van der Waals surface area contributed by atoms with Gasteiger partial charge in [-0.1, -0.05) is 35.5 Å². The number of alkyl halides is 3. The van der Waals surface area contributed by atoms with Crippen LogP contribution in [0, 0.1) is 11.6 Å². The van der Waals surface area contributed by atoms with Gasteiger partial charge in [-0.05, 0) is 48.5 Å². The number of anilines is 1. The van der Waals surface area contributed by atoms with Gasteiger partial charge in [0.25, 0.3) is 5.91 Å². The number of hydrogen-bond acceptors (Lipinski definition) is 3. The Bertz CT molecular complexity index is 1190. The average Bonchev–Trinajstić information content (AvgIpc) is 2.71. The molecule has 0 aliphatic carbocycles. The van der Waals surface area contributed by atoms with Gasteiger partial charge in [-0.2, -0.15) is 13.2 Å². The van der Waals surface area contributed by atoms with E-state index in [9.17, 15) is 31.5 Å². The van der Waals surface area contributed by atoms with Crippen LogP contribution in [-0.4, -0.2) is 11.9 Å². The van der Waals surface area contributed by atoms with Crippen LogP contribution < -0.4 is 10.6 Å². The standard InChI is InChI=1S/C21H12ClF5N2O2S/c22-14-9-11(21(25,26)27)5-8-18(14)32-12-6-7-17(16(24)10-12)28-20(31)29-19(30)13-3-1-2-4-15(13)23/h1-10H,(H2,28,29,30,31). The summed E-state index contributed by atoms with van der Waals surface area (Å²) in [5.74, 6) is -2.70. The molecule has 0 saturated heterocycles. The first-order chi connectivity index (χ1) is 15.0. The molecule has 4 nitrogen and oxygen atoms in total. The van der Waals surface area contributed by atoms with Crippen LogP contribution >= 0.6 is 23.4 Å². The van der Waals surface area contributed by atoms with Gasteiger partial charge in [-0.15, -0.1) is 0 Å². The van der Waals surface area contributed by atoms with Crippen LogP contribution in [0.15, 0.2) is 70.5 Å². The van der Waals surface area contributed by atoms with Gasteiger partial charge in [0.05, 0.1) is 21.8 Å². The highest BCUT2D eigenvalue weighted by Crippen LogP contribution is 2.38. The molecule has 0 saturated carbocycles. The Balaban J connectivity index is 1.67. The number of carbonyl (C=O) groups is 2. The first kappa shape index (κ1) is 23.6. The van der Waals surface area contributed by atoms with Crippen molar-refractivity contribution in [1.29, 1.82) is 0 Å². The molecule has 2 N–H and O–H groups in total. The molecule has 166 valence electrons. The Labute approximate surface area is 187 Å². The fourth-order valence-electron chi connectivity index (χ4n) is 2.52. The number of benzene rings is 3. The van der Waals surface area contributed by atoms with Gasteiger partial charge in [0.15, 0.2) is 0 Å². The molecule has 11 heteroatoms. The highest BCUT2D eigenvalue weighted by Gasteiger charge is 2.31. The van der Waals surface area contributed by atoms with Crippen molar-refractivity contribution in [2.45, 2.75) is 16.0 Å². The lowest BCUT2D eigenvalue weighted by Gasteiger charge is -2.11. The van der Waals surface area contributed by atoms with Crippen molar-refractivity contribution in [1.82, 2.24) is 5.32 Å². The van der Waals surface area contributed by atoms with Gasteiger partial charge < -0.3 is 5.32 Å². The lowest BCUT2D eigenvalue weighted by Crippen LogP contribution is -2.35. The molecule has 0 aliphatic rings. The SMILES string of the molecule is O=C(NC(=O)c1ccccc1F)Nc1ccc(Sc2ccc(C(F)(F)F)cc2Cl)cc1F. The maximum absolute atomic E-state index is 14.4. The Hall–Kier alpha value is -3.11. The predicted octanol–water partition coefficient (Wildman–Crippen LogP) is 6.75. The van der Waals surface area contributed by atoms with E-state index >= 15 is 0 Å². The van der Waals surface area contributed by atoms with Crippen LogP contribution in [0.4, 0.5) is 32.4 Å². The maximum atomic E-state index is 14.4. The van der Waals surface area contributed by atoms with Crippen LogP contribution in [-0.2, 0) is 6.18 Å². The smallest absolute Gasteiger partial charge is 0.305 e. The van der Waals surface area contributed by atoms with Gasteiger partial charge in [0.2, 0.25) is 0 Å². The van der Waals surface area contributed by atoms with Gasteiger partial charge in [-0.25, -0.2) is 13.6 Å². The molecule has 3 rings (SSSR count). The Kier molecular flexibility index (Phi) is 7.05. The molecule has 0 atom stereocenters. The molecular weight excluding hydrogens is 475 g/mol. The van der Waals surface area contributed by atoms with Gasteiger partial charge in [0.1, 0.15) is 11.6 Å². The number of nitrogens with one attached hydrogen (secondary N) is 2. The fraction of sp³-hybridized carbons (Fsp3) is 0.0476. The zero-order valence-corrected chi connectivity index (χ0v) is 17.3. The van der Waals surface area contributed by atoms with E-state index in [0.717, 1.165) is 36.0 Å². The first-order valence-corrected chi connectivity index (χ1v) is 9.95. The zero-order valence-electron chi connectivity index (χ0n) is 15.8. The minimum atomic E-state index is -4.54. The molecule has 0 unspecified atom stereocenters. The van der Waals surface area contributed by atoms with Crippen LogP contribution in [0.3, 0.4) is 0 Å². The topological polar surface area (TPSA) is 58.2 Å². The highest BCUT2D eigenvalue weighted by atomic mass is 35.5. The van der Waals surface area contributed by atoms with E-state index < -0.39 is 35.3 Å². The molecule has 0 aliphatic heterocycles. The molecule has 3 aromatic rings. The number of carbonyl (C=O) groups excluding carboxylic acids is 2. The molecule has 3 amide bonds. The normalized spacial score (nSPS) is 11.2. The van der Waals surface area contributed by atoms with E-state index in [4.69, 9.17) is 11.6 Å². The van der Waals surface area contributed by atoms with Crippen molar-refractivity contribution in [2.75, 3.05) is 5.32 Å². The van der Waals surface area contributed by atoms with Crippen LogP contribution in [0.5, 0.6) is 0 Å². The number of hydrogen-bond donors (Lipinski definition) is 2. The molecule has 0 spiro atoms. The summed E-state index contributed by atoms with van der Waals surface area (Å²) in [6, 6.07) is 10.4. The number of imide groups is 1. The summed E-state index contributed by atoms with van der Waals surface area (Å²) in [6.45, 7) is 0. The third-order valence-electron chi connectivity index (χ3n) is 4.02. The molecule has 32 heavy (non-hydrogen) atoms. The fourth-order valence-corrected chi connectivity index (χ4v) is 3.66. The monoisotopic (exact) mass is 486 g/mol. The van der Waals surface area contributed by atoms with Gasteiger partial charge in [-0.3, -0.25) is 10.1 Å². The van der Waals surface area contributed by atoms with Crippen molar-refractivity contribution in [3.8, 4) is 0 Å². The average molecular weight is 487 g/mol. The summed E-state index contributed by atoms with van der Waals surface area (Å²) in [4.78, 5) is 24.5. The first-order valence-electron chi connectivity index (χ1n) is 8.75. The Morgan fingerprint density at radius 3 is 2.25 bits per heavy atom. The van der Waals surface area contributed by atoms with E-state index in [1.54, 1.807) is 0 Å². The summed E-state index contributed by atoms with van der Waals surface area (Å²) in [5.41, 5.74) is -1.54. The molecule has 3 aromatic carbocycles. The maximum Gasteiger partial charge on any atom is 0.416 e. The number of halogens is 6. The molecular formula is C21H12ClF5N2O2S. The molecule has 0 fully saturated rings. The van der Waals surface area contributed by atoms with E-state index in [1.165, 1.54) is 36.4 Å². The molecule has 0 bridgehead atoms. The summed E-state index contributed by atoms with van der Waals surface area (Å²) in [6.07, 6.45) is -4.54. The van der Waals surface area contributed by atoms with Crippen LogP contribution in [0.2, 0.25) is 5.02 Å². The summed E-state index contributed by atoms with van der Waals surface area (Å²) in [5, 5.41) is 3.86. The highest BCUT2D eigenvalue weighted by molar-refractivity contribution is 7.99. The van der Waals surface area contributed by atoms with E-state index in [2.05, 4.69) is 5.32 Å². The predicted molar refractivity (Wildman–Crippen MR) is 110 cm³/mol. The molecule has 0 heterocycles. The van der Waals surface area contributed by atoms with Crippen molar-refractivity contribution >= 4 is 41.0 Å². The third-order valence-corrected chi connectivity index (χ3v) is 5.51. The second-order valence-electron chi connectivity index (χ2n) is 6.27. The molecule has 0 radical (unpaired) electrons. The lowest BCUT2D eigenvalue weighted by atomic mass is 10.2. The Morgan fingerprint density at radius 1 is 0.906 bits per heavy atom. The van der Waals surface area contributed by atoms with Gasteiger partial charge in [0, 0.05) is 9.79 Å². The number of amides is 3. The second-order valence-corrected chi connectivity index (χ2v) is 7.80. The van der Waals surface area contributed by atoms with Crippen molar-refractivity contribution in [3.05, 3.63) is 88.4 Å². The van der Waals surface area contributed by atoms with Crippen molar-refractivity contribution in [3.63, 3.8) is 0 Å². The Morgan fingerprint density at radius 2 is 1.62 bits per heavy atom. The van der Waals surface area contributed by atoms with E-state index in [0.29, 0.717) is 4.90 Å². The summed E-state index contributed by atoms with van der Waals surface area (Å²) >= 11 is 6.82. The molecule has 0 aromatic heterocycles. The van der Waals surface area contributed by atoms with E-state index in [1.807, 2.05) is 5.32 Å². The zero-order chi connectivity index (χ0) is 23.5. The van der Waals surface area contributed by atoms with Crippen molar-refractivity contribution in [2.24, 2.45) is 0 Å². The van der Waals surface area contributed by atoms with Crippen molar-refractivity contribution < 1.29 is 31.5 Å². The summed E-state index contributed by atoms with van der Waals surface area (Å²) in [7, 11) is 0. The summed E-state index contributed by atoms with van der Waals surface area (Å²) < 4.78 is 66.2. The number of rotatable bonds is 4. The minimum Gasteiger partial charge on any atom is -0.305 e. The largest absolute Gasteiger partial charge is 0.416 e. The quantitative estimate of drug-likeness (QED) is 0.401. The minimum absolute atomic E-state index is 0.154. The second kappa shape index (κ2) is 9.58. The third kappa shape index (κ3) is 5.77. The number of urea groups is 1. The van der Waals surface area contributed by atoms with Gasteiger partial charge >= 0.3 is 12.2 Å². The van der Waals surface area contributed by atoms with Crippen LogP contribution in [0.25, 0.3) is 0 Å². The van der Waals surface area contributed by atoms with E-state index in [-0.39, 0.29) is 21.2 Å².